The van der Waals surface area contributed by atoms with Crippen LogP contribution in [0.25, 0.3) is 0 Å². The molecule has 31 heavy (non-hydrogen) atoms. The molecule has 1 fully saturated rings. The smallest absolute Gasteiger partial charge is 0.443 e. The number of methoxy groups -OCH3 is 1. The minimum absolute atomic E-state index is 0.109. The Morgan fingerprint density at radius 2 is 2.13 bits per heavy atom. The molecule has 1 aliphatic heterocycles. The first-order valence-electron chi connectivity index (χ1n) is 9.53. The van der Waals surface area contributed by atoms with Crippen molar-refractivity contribution in [2.75, 3.05) is 19.0 Å². The number of nitrogens with zero attached hydrogens (tertiary/aromatic N) is 2. The van der Waals surface area contributed by atoms with Crippen LogP contribution in [-0.2, 0) is 31.7 Å². The zero-order chi connectivity index (χ0) is 22.6. The van der Waals surface area contributed by atoms with Gasteiger partial charge in [-0.3, -0.25) is 9.69 Å². The van der Waals surface area contributed by atoms with Crippen molar-refractivity contribution in [2.45, 2.75) is 44.3 Å². The first-order valence-corrected chi connectivity index (χ1v) is 10.4. The summed E-state index contributed by atoms with van der Waals surface area (Å²) in [5, 5.41) is 2.93. The predicted octanol–water partition coefficient (Wildman–Crippen LogP) is 3.62. The van der Waals surface area contributed by atoms with Crippen LogP contribution < -0.4 is 5.32 Å². The summed E-state index contributed by atoms with van der Waals surface area (Å²) in [5.41, 5.74) is 1.89. The van der Waals surface area contributed by atoms with E-state index in [2.05, 4.69) is 10.3 Å². The first kappa shape index (κ1) is 23.2. The Labute approximate surface area is 181 Å². The fraction of sp³-hybridized carbons (Fsp3) is 0.450. The summed E-state index contributed by atoms with van der Waals surface area (Å²) in [7, 11) is 1.24. The van der Waals surface area contributed by atoms with Gasteiger partial charge in [-0.05, 0) is 37.5 Å². The number of amides is 1. The van der Waals surface area contributed by atoms with Crippen LogP contribution in [0.3, 0.4) is 0 Å². The second-order valence-corrected chi connectivity index (χ2v) is 7.98. The normalized spacial score (nSPS) is 20.4. The molecule has 168 valence electrons. The van der Waals surface area contributed by atoms with Crippen molar-refractivity contribution in [3.63, 3.8) is 0 Å². The van der Waals surface area contributed by atoms with E-state index in [1.54, 1.807) is 17.0 Å². The van der Waals surface area contributed by atoms with Gasteiger partial charge in [0, 0.05) is 23.7 Å². The number of carbonyl (C=O) groups excluding carboxylic acids is 2. The summed E-state index contributed by atoms with van der Waals surface area (Å²) in [6.45, 7) is 2.15. The molecule has 3 rings (SSSR count). The van der Waals surface area contributed by atoms with Gasteiger partial charge in [0.15, 0.2) is 5.01 Å². The highest BCUT2D eigenvalue weighted by Gasteiger charge is 2.43. The van der Waals surface area contributed by atoms with Crippen molar-refractivity contribution >= 4 is 29.4 Å². The van der Waals surface area contributed by atoms with Crippen molar-refractivity contribution in [3.8, 4) is 0 Å². The average molecular weight is 457 g/mol. The molecule has 1 aromatic carbocycles. The Balaban J connectivity index is 1.67. The van der Waals surface area contributed by atoms with Crippen molar-refractivity contribution in [3.05, 3.63) is 45.9 Å². The Morgan fingerprint density at radius 1 is 1.42 bits per heavy atom. The van der Waals surface area contributed by atoms with Crippen LogP contribution in [0.1, 0.15) is 35.7 Å². The maximum Gasteiger partial charge on any atom is 0.443 e. The lowest BCUT2D eigenvalue weighted by Crippen LogP contribution is -2.43. The molecule has 0 aliphatic carbocycles. The molecule has 0 spiro atoms. The molecular weight excluding hydrogens is 435 g/mol. The highest BCUT2D eigenvalue weighted by atomic mass is 32.1. The van der Waals surface area contributed by atoms with Gasteiger partial charge in [0.05, 0.1) is 12.8 Å². The molecule has 11 heteroatoms. The molecule has 2 aromatic rings. The van der Waals surface area contributed by atoms with Gasteiger partial charge in [-0.25, -0.2) is 9.78 Å². The van der Waals surface area contributed by atoms with Gasteiger partial charge in [0.2, 0.25) is 12.6 Å². The molecule has 2 heterocycles. The lowest BCUT2D eigenvalue weighted by molar-refractivity contribution is -0.162. The number of rotatable bonds is 8. The fourth-order valence-electron chi connectivity index (χ4n) is 3.37. The van der Waals surface area contributed by atoms with E-state index in [0.29, 0.717) is 36.3 Å². The largest absolute Gasteiger partial charge is 0.466 e. The van der Waals surface area contributed by atoms with Crippen molar-refractivity contribution < 1.29 is 32.2 Å². The number of hydrogen-bond donors (Lipinski definition) is 1. The van der Waals surface area contributed by atoms with Crippen LogP contribution in [0.2, 0.25) is 0 Å². The zero-order valence-electron chi connectivity index (χ0n) is 16.9. The van der Waals surface area contributed by atoms with Gasteiger partial charge in [0.1, 0.15) is 6.10 Å². The molecule has 1 aromatic heterocycles. The first-order chi connectivity index (χ1) is 14.7. The number of ether oxygens (including phenoxy) is 2. The standard InChI is InChI=1S/C20H22F3N3O4S/c1-12(3-4-13-5-7-14(8-6-13)24-11-27)26-9-16(30-17(26)18(28)29-2)15-10-31-19(25-15)20(21,22)23/h5-8,10-12,16-17H,3-4,9H2,1-2H3,(H,24,27). The van der Waals surface area contributed by atoms with E-state index >= 15 is 0 Å². The summed E-state index contributed by atoms with van der Waals surface area (Å²) in [5.74, 6) is -0.607. The topological polar surface area (TPSA) is 80.8 Å². The third kappa shape index (κ3) is 5.60. The van der Waals surface area contributed by atoms with E-state index in [1.165, 1.54) is 12.5 Å². The van der Waals surface area contributed by atoms with Crippen LogP contribution in [0, 0.1) is 0 Å². The molecule has 0 radical (unpaired) electrons. The van der Waals surface area contributed by atoms with Gasteiger partial charge < -0.3 is 14.8 Å². The molecule has 3 atom stereocenters. The summed E-state index contributed by atoms with van der Waals surface area (Å²) in [6, 6.07) is 7.27. The highest BCUT2D eigenvalue weighted by molar-refractivity contribution is 7.09. The molecule has 0 saturated carbocycles. The van der Waals surface area contributed by atoms with Gasteiger partial charge in [-0.15, -0.1) is 11.3 Å². The minimum atomic E-state index is -4.52. The summed E-state index contributed by atoms with van der Waals surface area (Å²) in [4.78, 5) is 28.1. The Kier molecular flexibility index (Phi) is 7.29. The Morgan fingerprint density at radius 3 is 2.71 bits per heavy atom. The van der Waals surface area contributed by atoms with E-state index < -0.39 is 29.5 Å². The van der Waals surface area contributed by atoms with Gasteiger partial charge in [-0.2, -0.15) is 13.2 Å². The number of halogens is 3. The van der Waals surface area contributed by atoms with Crippen LogP contribution in [0.5, 0.6) is 0 Å². The van der Waals surface area contributed by atoms with Crippen molar-refractivity contribution in [1.29, 1.82) is 0 Å². The van der Waals surface area contributed by atoms with E-state index in [-0.39, 0.29) is 18.3 Å². The maximum atomic E-state index is 12.9. The number of aryl methyl sites for hydroxylation is 1. The van der Waals surface area contributed by atoms with Crippen LogP contribution in [0.4, 0.5) is 18.9 Å². The quantitative estimate of drug-likeness (QED) is 0.482. The number of aromatic nitrogens is 1. The number of hydrogen-bond acceptors (Lipinski definition) is 7. The molecule has 1 saturated heterocycles. The maximum absolute atomic E-state index is 12.9. The second kappa shape index (κ2) is 9.75. The fourth-order valence-corrected chi connectivity index (χ4v) is 4.10. The SMILES string of the molecule is COC(=O)C1OC(c2csc(C(F)(F)F)n2)CN1C(C)CCc1ccc(NC=O)cc1. The summed E-state index contributed by atoms with van der Waals surface area (Å²) in [6.07, 6.45) is -4.31. The average Bonchev–Trinajstić information content (AvgIpc) is 3.40. The van der Waals surface area contributed by atoms with Crippen molar-refractivity contribution in [1.82, 2.24) is 9.88 Å². The van der Waals surface area contributed by atoms with Gasteiger partial charge in [0.25, 0.3) is 0 Å². The lowest BCUT2D eigenvalue weighted by atomic mass is 10.0. The van der Waals surface area contributed by atoms with Gasteiger partial charge >= 0.3 is 12.1 Å². The monoisotopic (exact) mass is 457 g/mol. The number of thiazole rings is 1. The predicted molar refractivity (Wildman–Crippen MR) is 107 cm³/mol. The van der Waals surface area contributed by atoms with Gasteiger partial charge in [-0.1, -0.05) is 12.1 Å². The number of anilines is 1. The Bertz CT molecular complexity index is 904. The third-order valence-corrected chi connectivity index (χ3v) is 5.97. The molecule has 0 bridgehead atoms. The van der Waals surface area contributed by atoms with Crippen LogP contribution >= 0.6 is 11.3 Å². The number of carbonyl (C=O) groups is 2. The lowest BCUT2D eigenvalue weighted by Gasteiger charge is -2.27. The molecule has 1 aliphatic rings. The molecule has 7 nitrogen and oxygen atoms in total. The van der Waals surface area contributed by atoms with Crippen molar-refractivity contribution in [2.24, 2.45) is 0 Å². The molecular formula is C20H22F3N3O4S. The zero-order valence-corrected chi connectivity index (χ0v) is 17.7. The molecule has 1 N–H and O–H groups in total. The molecule has 1 amide bonds. The third-order valence-electron chi connectivity index (χ3n) is 5.06. The van der Waals surface area contributed by atoms with E-state index in [4.69, 9.17) is 9.47 Å². The van der Waals surface area contributed by atoms with E-state index in [9.17, 15) is 22.8 Å². The summed E-state index contributed by atoms with van der Waals surface area (Å²) >= 11 is 0.503. The molecule has 3 unspecified atom stereocenters. The second-order valence-electron chi connectivity index (χ2n) is 7.12. The Hall–Kier alpha value is -2.50. The van der Waals surface area contributed by atoms with E-state index in [1.807, 2.05) is 19.1 Å². The minimum Gasteiger partial charge on any atom is -0.466 e. The number of alkyl halides is 3. The van der Waals surface area contributed by atoms with Crippen LogP contribution in [0.15, 0.2) is 29.6 Å². The number of benzene rings is 1. The highest BCUT2D eigenvalue weighted by Crippen LogP contribution is 2.37. The van der Waals surface area contributed by atoms with Crippen LogP contribution in [-0.4, -0.2) is 48.2 Å². The number of nitrogens with one attached hydrogen (secondary N) is 1. The number of esters is 1. The van der Waals surface area contributed by atoms with E-state index in [0.717, 1.165) is 5.56 Å². The summed E-state index contributed by atoms with van der Waals surface area (Å²) < 4.78 is 49.2.